The minimum absolute atomic E-state index is 0.0164. The third-order valence-corrected chi connectivity index (χ3v) is 8.70. The number of aromatic nitrogens is 2. The third-order valence-electron chi connectivity index (χ3n) is 8.46. The van der Waals surface area contributed by atoms with E-state index in [9.17, 15) is 14.4 Å². The molecule has 4 heterocycles. The number of carbonyl (C=O) groups is 3. The fraction of sp³-hybridized carbons (Fsp3) is 0.387. The van der Waals surface area contributed by atoms with Gasteiger partial charge < -0.3 is 24.5 Å². The summed E-state index contributed by atoms with van der Waals surface area (Å²) in [6, 6.07) is 14.7. The van der Waals surface area contributed by atoms with Gasteiger partial charge in [0.1, 0.15) is 11.4 Å². The molecular formula is C31H33ClN4O4. The smallest absolute Gasteiger partial charge is 0.270 e. The Bertz CT molecular complexity index is 1650. The van der Waals surface area contributed by atoms with Crippen LogP contribution in [-0.2, 0) is 4.79 Å². The molecule has 40 heavy (non-hydrogen) atoms. The summed E-state index contributed by atoms with van der Waals surface area (Å²) in [7, 11) is 1.61. The molecule has 2 amide bonds. The first-order chi connectivity index (χ1) is 19.0. The number of halogens is 1. The minimum atomic E-state index is -0.484. The molecular weight excluding hydrogens is 528 g/mol. The van der Waals surface area contributed by atoms with Gasteiger partial charge in [0.15, 0.2) is 5.78 Å². The molecule has 3 atom stereocenters. The van der Waals surface area contributed by atoms with Gasteiger partial charge in [-0.2, -0.15) is 0 Å². The van der Waals surface area contributed by atoms with Crippen LogP contribution in [0.1, 0.15) is 54.6 Å². The number of hydrogen-bond donors (Lipinski definition) is 2. The Morgan fingerprint density at radius 2 is 1.55 bits per heavy atom. The zero-order chi connectivity index (χ0) is 28.3. The van der Waals surface area contributed by atoms with Gasteiger partial charge in [-0.15, -0.1) is 0 Å². The maximum Gasteiger partial charge on any atom is 0.270 e. The summed E-state index contributed by atoms with van der Waals surface area (Å²) in [4.78, 5) is 50.9. The largest absolute Gasteiger partial charge is 0.497 e. The van der Waals surface area contributed by atoms with Crippen LogP contribution in [-0.4, -0.2) is 69.6 Å². The van der Waals surface area contributed by atoms with Crippen LogP contribution in [0.25, 0.3) is 21.8 Å². The Balaban J connectivity index is 1.16. The van der Waals surface area contributed by atoms with Gasteiger partial charge in [-0.05, 0) is 48.2 Å². The number of nitrogens with one attached hydrogen (secondary N) is 2. The molecule has 2 aliphatic rings. The van der Waals surface area contributed by atoms with Gasteiger partial charge in [0.05, 0.1) is 30.8 Å². The molecule has 0 aliphatic carbocycles. The zero-order valence-electron chi connectivity index (χ0n) is 23.1. The number of aromatic amines is 2. The predicted molar refractivity (Wildman–Crippen MR) is 155 cm³/mol. The van der Waals surface area contributed by atoms with E-state index in [0.717, 1.165) is 34.0 Å². The van der Waals surface area contributed by atoms with Crippen molar-refractivity contribution in [2.75, 3.05) is 20.2 Å². The van der Waals surface area contributed by atoms with E-state index in [-0.39, 0.29) is 36.1 Å². The highest BCUT2D eigenvalue weighted by atomic mass is 35.5. The molecule has 0 saturated carbocycles. The summed E-state index contributed by atoms with van der Waals surface area (Å²) in [5.41, 5.74) is 2.25. The second-order valence-corrected chi connectivity index (χ2v) is 12.5. The number of nitrogens with zero attached hydrogens (tertiary/aromatic N) is 2. The number of H-pyrrole nitrogens is 2. The van der Waals surface area contributed by atoms with E-state index in [1.807, 2.05) is 67.0 Å². The summed E-state index contributed by atoms with van der Waals surface area (Å²) in [5, 5.41) is 2.45. The molecule has 6 rings (SSSR count). The van der Waals surface area contributed by atoms with Crippen molar-refractivity contribution in [3.8, 4) is 5.75 Å². The molecule has 9 heteroatoms. The number of ether oxygens (including phenoxy) is 1. The first kappa shape index (κ1) is 26.4. The molecule has 0 spiro atoms. The Morgan fingerprint density at radius 1 is 0.925 bits per heavy atom. The maximum atomic E-state index is 13.9. The number of amides is 2. The van der Waals surface area contributed by atoms with Crippen molar-refractivity contribution in [2.24, 2.45) is 11.3 Å². The second-order valence-electron chi connectivity index (χ2n) is 12.1. The Hall–Kier alpha value is -3.78. The summed E-state index contributed by atoms with van der Waals surface area (Å²) >= 11 is 6.11. The Kier molecular flexibility index (Phi) is 6.41. The number of likely N-dealkylation sites (tertiary alicyclic amines) is 2. The van der Waals surface area contributed by atoms with Crippen molar-refractivity contribution >= 4 is 51.0 Å². The third kappa shape index (κ3) is 4.64. The number of benzene rings is 2. The molecule has 0 unspecified atom stereocenters. The summed E-state index contributed by atoms with van der Waals surface area (Å²) < 4.78 is 5.30. The number of rotatable bonds is 6. The predicted octanol–water partition coefficient (Wildman–Crippen LogP) is 5.67. The van der Waals surface area contributed by atoms with Gasteiger partial charge in [0.25, 0.3) is 5.91 Å². The lowest BCUT2D eigenvalue weighted by molar-refractivity contribution is -0.141. The lowest BCUT2D eigenvalue weighted by Crippen LogP contribution is -2.53. The summed E-state index contributed by atoms with van der Waals surface area (Å²) in [6.45, 7) is 6.98. The van der Waals surface area contributed by atoms with Gasteiger partial charge in [0, 0.05) is 52.4 Å². The maximum absolute atomic E-state index is 13.9. The minimum Gasteiger partial charge on any atom is -0.497 e. The lowest BCUT2D eigenvalue weighted by Gasteiger charge is -2.39. The average molecular weight is 561 g/mol. The van der Waals surface area contributed by atoms with E-state index >= 15 is 0 Å². The Morgan fingerprint density at radius 3 is 2.23 bits per heavy atom. The summed E-state index contributed by atoms with van der Waals surface area (Å²) in [5.74, 6) is 0.0662. The molecule has 0 radical (unpaired) electrons. The van der Waals surface area contributed by atoms with Gasteiger partial charge in [-0.25, -0.2) is 0 Å². The van der Waals surface area contributed by atoms with Crippen molar-refractivity contribution in [1.29, 1.82) is 0 Å². The van der Waals surface area contributed by atoms with Gasteiger partial charge in [0.2, 0.25) is 5.91 Å². The van der Waals surface area contributed by atoms with Gasteiger partial charge >= 0.3 is 0 Å². The van der Waals surface area contributed by atoms with E-state index in [4.69, 9.17) is 16.3 Å². The van der Waals surface area contributed by atoms with Crippen LogP contribution in [0.2, 0.25) is 5.02 Å². The molecule has 4 aromatic rings. The van der Waals surface area contributed by atoms with Crippen LogP contribution < -0.4 is 4.74 Å². The first-order valence-electron chi connectivity index (χ1n) is 13.6. The van der Waals surface area contributed by atoms with E-state index in [0.29, 0.717) is 29.5 Å². The highest BCUT2D eigenvalue weighted by Gasteiger charge is 2.50. The fourth-order valence-electron chi connectivity index (χ4n) is 6.20. The number of piperazine rings is 1. The van der Waals surface area contributed by atoms with Gasteiger partial charge in [-0.3, -0.25) is 14.4 Å². The van der Waals surface area contributed by atoms with Crippen LogP contribution in [0.5, 0.6) is 5.75 Å². The molecule has 2 N–H and O–H groups in total. The van der Waals surface area contributed by atoms with E-state index in [2.05, 4.69) is 9.97 Å². The molecule has 2 aromatic heterocycles. The molecule has 2 aliphatic heterocycles. The van der Waals surface area contributed by atoms with Crippen LogP contribution in [0, 0.1) is 11.3 Å². The summed E-state index contributed by atoms with van der Waals surface area (Å²) in [6.07, 6.45) is 0.858. The van der Waals surface area contributed by atoms with E-state index in [1.54, 1.807) is 19.2 Å². The number of Topliss-reactive ketones (excluding diaryl/α,β-unsaturated/α-hetero) is 1. The topological polar surface area (TPSA) is 98.5 Å². The van der Waals surface area contributed by atoms with Crippen LogP contribution in [0.4, 0.5) is 0 Å². The SMILES string of the molecule is COc1ccc2cc(C(=O)N3C[C@@H]4C[C@H]3CN4C(=O)[C@@H](CC(=O)c3cc4ccc(Cl)cc4[nH]3)C(C)(C)C)[nH]c2c1. The number of methoxy groups -OCH3 is 1. The number of carbonyl (C=O) groups excluding carboxylic acids is 3. The van der Waals surface area contributed by atoms with E-state index in [1.165, 1.54) is 0 Å². The first-order valence-corrected chi connectivity index (χ1v) is 14.0. The van der Waals surface area contributed by atoms with E-state index < -0.39 is 11.3 Å². The highest BCUT2D eigenvalue weighted by molar-refractivity contribution is 6.31. The van der Waals surface area contributed by atoms with Crippen LogP contribution in [0.15, 0.2) is 48.5 Å². The number of hydrogen-bond acceptors (Lipinski definition) is 4. The van der Waals surface area contributed by atoms with Gasteiger partial charge in [-0.1, -0.05) is 38.4 Å². The van der Waals surface area contributed by atoms with Crippen molar-refractivity contribution in [3.63, 3.8) is 0 Å². The zero-order valence-corrected chi connectivity index (χ0v) is 23.8. The van der Waals surface area contributed by atoms with Crippen molar-refractivity contribution in [3.05, 3.63) is 64.9 Å². The number of fused-ring (bicyclic) bond motifs is 4. The normalized spacial score (nSPS) is 19.5. The monoisotopic (exact) mass is 560 g/mol. The quantitative estimate of drug-likeness (QED) is 0.297. The Labute approximate surface area is 237 Å². The average Bonchev–Trinajstić information content (AvgIpc) is 3.71. The highest BCUT2D eigenvalue weighted by Crippen LogP contribution is 2.38. The molecule has 2 saturated heterocycles. The molecule has 2 bridgehead atoms. The molecule has 208 valence electrons. The standard InChI is InChI=1S/C31H33ClN4O4/c1-31(2,3)23(14-28(37)26-9-17-5-7-19(32)11-24(17)33-26)29(38)35-15-21-12-20(35)16-36(21)30(39)27-10-18-6-8-22(40-4)13-25(18)34-27/h5-11,13,20-21,23,33-34H,12,14-16H2,1-4H3/t20-,21-,23+/m0/s1. The van der Waals surface area contributed by atoms with Crippen LogP contribution >= 0.6 is 11.6 Å². The fourth-order valence-corrected chi connectivity index (χ4v) is 6.37. The van der Waals surface area contributed by atoms with Crippen molar-refractivity contribution in [2.45, 2.75) is 45.7 Å². The lowest BCUT2D eigenvalue weighted by atomic mass is 9.76. The molecule has 2 aromatic carbocycles. The van der Waals surface area contributed by atoms with Crippen molar-refractivity contribution in [1.82, 2.24) is 19.8 Å². The van der Waals surface area contributed by atoms with Crippen LogP contribution in [0.3, 0.4) is 0 Å². The number of ketones is 1. The second kappa shape index (κ2) is 9.70. The molecule has 8 nitrogen and oxygen atoms in total. The molecule has 2 fully saturated rings. The van der Waals surface area contributed by atoms with Crippen molar-refractivity contribution < 1.29 is 19.1 Å².